The van der Waals surface area contributed by atoms with Crippen molar-refractivity contribution in [2.75, 3.05) is 0 Å². The fourth-order valence-electron chi connectivity index (χ4n) is 1.02. The van der Waals surface area contributed by atoms with Gasteiger partial charge in [-0.1, -0.05) is 12.1 Å². The van der Waals surface area contributed by atoms with E-state index in [0.717, 1.165) is 5.56 Å². The summed E-state index contributed by atoms with van der Waals surface area (Å²) in [7, 11) is 0. The summed E-state index contributed by atoms with van der Waals surface area (Å²) >= 11 is 0. The third kappa shape index (κ3) is 3.64. The zero-order valence-electron chi connectivity index (χ0n) is 7.38. The van der Waals surface area contributed by atoms with Gasteiger partial charge in [-0.3, -0.25) is 4.79 Å². The predicted octanol–water partition coefficient (Wildman–Crippen LogP) is 0.768. The Morgan fingerprint density at radius 2 is 2.14 bits per heavy atom. The lowest BCUT2D eigenvalue weighted by Crippen LogP contribution is -2.32. The molecule has 0 heterocycles. The van der Waals surface area contributed by atoms with Crippen LogP contribution in [0.5, 0.6) is 5.75 Å². The van der Waals surface area contributed by atoms with Crippen LogP contribution in [0.25, 0.3) is 0 Å². The minimum atomic E-state index is -1.04. The van der Waals surface area contributed by atoms with Crippen molar-refractivity contribution >= 4 is 18.4 Å². The molecule has 1 aromatic rings. The van der Waals surface area contributed by atoms with Crippen LogP contribution in [0.1, 0.15) is 5.56 Å². The van der Waals surface area contributed by atoms with Crippen LogP contribution >= 0.6 is 12.4 Å². The number of rotatable bonds is 3. The number of carboxylic acid groups (broad SMARTS) is 1. The van der Waals surface area contributed by atoms with E-state index in [2.05, 4.69) is 0 Å². The van der Waals surface area contributed by atoms with E-state index in [1.807, 2.05) is 0 Å². The molecule has 0 unspecified atom stereocenters. The zero-order chi connectivity index (χ0) is 9.84. The topological polar surface area (TPSA) is 83.5 Å². The molecule has 14 heavy (non-hydrogen) atoms. The van der Waals surface area contributed by atoms with E-state index in [9.17, 15) is 4.79 Å². The largest absolute Gasteiger partial charge is 0.508 e. The van der Waals surface area contributed by atoms with Crippen molar-refractivity contribution in [2.45, 2.75) is 12.5 Å². The van der Waals surface area contributed by atoms with Gasteiger partial charge in [0.25, 0.3) is 0 Å². The molecule has 1 atom stereocenters. The molecule has 0 bridgehead atoms. The monoisotopic (exact) mass is 217 g/mol. The number of halogens is 1. The molecule has 0 spiro atoms. The molecule has 4 N–H and O–H groups in total. The molecular weight excluding hydrogens is 206 g/mol. The maximum absolute atomic E-state index is 10.4. The van der Waals surface area contributed by atoms with Crippen LogP contribution in [0.2, 0.25) is 0 Å². The van der Waals surface area contributed by atoms with E-state index in [1.165, 1.54) is 12.1 Å². The molecule has 0 amide bonds. The standard InChI is InChI=1S/C9H11NO3.ClH/c10-8(9(12)13)5-6-2-1-3-7(11)4-6;/h1-4,8,11H,5,10H2,(H,12,13);1H/t8-;/m1./s1. The third-order valence-electron chi connectivity index (χ3n) is 1.68. The summed E-state index contributed by atoms with van der Waals surface area (Å²) < 4.78 is 0. The summed E-state index contributed by atoms with van der Waals surface area (Å²) in [6.45, 7) is 0. The van der Waals surface area contributed by atoms with Crippen LogP contribution < -0.4 is 5.73 Å². The SMILES string of the molecule is Cl.N[C@H](Cc1cccc(O)c1)C(=O)O. The Labute approximate surface area is 87.8 Å². The maximum atomic E-state index is 10.4. The van der Waals surface area contributed by atoms with Crippen molar-refractivity contribution in [2.24, 2.45) is 5.73 Å². The molecule has 0 aliphatic heterocycles. The van der Waals surface area contributed by atoms with Gasteiger partial charge in [0.15, 0.2) is 0 Å². The number of phenols is 1. The number of aliphatic carboxylic acids is 1. The normalized spacial score (nSPS) is 11.5. The molecule has 5 heteroatoms. The Morgan fingerprint density at radius 1 is 1.50 bits per heavy atom. The lowest BCUT2D eigenvalue weighted by molar-refractivity contribution is -0.138. The van der Waals surface area contributed by atoms with E-state index in [4.69, 9.17) is 15.9 Å². The van der Waals surface area contributed by atoms with Crippen LogP contribution in [-0.4, -0.2) is 22.2 Å². The van der Waals surface area contributed by atoms with E-state index in [-0.39, 0.29) is 24.6 Å². The Morgan fingerprint density at radius 3 is 2.64 bits per heavy atom. The summed E-state index contributed by atoms with van der Waals surface area (Å²) in [5.74, 6) is -0.918. The van der Waals surface area contributed by atoms with E-state index < -0.39 is 12.0 Å². The maximum Gasteiger partial charge on any atom is 0.320 e. The first-order valence-electron chi connectivity index (χ1n) is 3.86. The Balaban J connectivity index is 0.00000169. The van der Waals surface area contributed by atoms with E-state index in [1.54, 1.807) is 12.1 Å². The first-order chi connectivity index (χ1) is 6.09. The van der Waals surface area contributed by atoms with Gasteiger partial charge in [0.2, 0.25) is 0 Å². The fraction of sp³-hybridized carbons (Fsp3) is 0.222. The minimum Gasteiger partial charge on any atom is -0.508 e. The van der Waals surface area contributed by atoms with Crippen LogP contribution in [0.3, 0.4) is 0 Å². The van der Waals surface area contributed by atoms with E-state index in [0.29, 0.717) is 0 Å². The van der Waals surface area contributed by atoms with Gasteiger partial charge in [-0.05, 0) is 24.1 Å². The highest BCUT2D eigenvalue weighted by Gasteiger charge is 2.11. The van der Waals surface area contributed by atoms with Gasteiger partial charge in [0, 0.05) is 0 Å². The highest BCUT2D eigenvalue weighted by Crippen LogP contribution is 2.11. The van der Waals surface area contributed by atoms with Gasteiger partial charge in [0.05, 0.1) is 0 Å². The first-order valence-corrected chi connectivity index (χ1v) is 3.86. The van der Waals surface area contributed by atoms with Crippen molar-refractivity contribution in [1.82, 2.24) is 0 Å². The van der Waals surface area contributed by atoms with Crippen molar-refractivity contribution < 1.29 is 15.0 Å². The lowest BCUT2D eigenvalue weighted by atomic mass is 10.1. The van der Waals surface area contributed by atoms with Crippen molar-refractivity contribution in [3.63, 3.8) is 0 Å². The highest BCUT2D eigenvalue weighted by atomic mass is 35.5. The average molecular weight is 218 g/mol. The molecule has 1 aromatic carbocycles. The summed E-state index contributed by atoms with van der Waals surface area (Å²) in [6.07, 6.45) is 0.226. The molecule has 4 nitrogen and oxygen atoms in total. The van der Waals surface area contributed by atoms with Crippen molar-refractivity contribution in [3.05, 3.63) is 29.8 Å². The highest BCUT2D eigenvalue weighted by molar-refractivity contribution is 5.85. The Hall–Kier alpha value is -1.26. The summed E-state index contributed by atoms with van der Waals surface area (Å²) in [4.78, 5) is 10.4. The summed E-state index contributed by atoms with van der Waals surface area (Å²) in [6, 6.07) is 5.49. The average Bonchev–Trinajstić information content (AvgIpc) is 2.04. The number of aromatic hydroxyl groups is 1. The number of hydrogen-bond donors (Lipinski definition) is 3. The Bertz CT molecular complexity index is 317. The van der Waals surface area contributed by atoms with Crippen molar-refractivity contribution in [1.29, 1.82) is 0 Å². The van der Waals surface area contributed by atoms with Crippen LogP contribution in [0.4, 0.5) is 0 Å². The van der Waals surface area contributed by atoms with Gasteiger partial charge >= 0.3 is 5.97 Å². The number of carbonyl (C=O) groups is 1. The quantitative estimate of drug-likeness (QED) is 0.698. The molecule has 0 radical (unpaired) electrons. The predicted molar refractivity (Wildman–Crippen MR) is 54.7 cm³/mol. The molecule has 0 saturated carbocycles. The fourth-order valence-corrected chi connectivity index (χ4v) is 1.02. The summed E-state index contributed by atoms with van der Waals surface area (Å²) in [5, 5.41) is 17.6. The summed E-state index contributed by atoms with van der Waals surface area (Å²) in [5.41, 5.74) is 6.03. The van der Waals surface area contributed by atoms with Crippen LogP contribution in [0, 0.1) is 0 Å². The van der Waals surface area contributed by atoms with Gasteiger partial charge < -0.3 is 15.9 Å². The van der Waals surface area contributed by atoms with Crippen LogP contribution in [-0.2, 0) is 11.2 Å². The number of carboxylic acids is 1. The molecule has 0 saturated heterocycles. The van der Waals surface area contributed by atoms with Gasteiger partial charge in [0.1, 0.15) is 11.8 Å². The lowest BCUT2D eigenvalue weighted by Gasteiger charge is -2.05. The smallest absolute Gasteiger partial charge is 0.320 e. The molecule has 0 fully saturated rings. The van der Waals surface area contributed by atoms with E-state index >= 15 is 0 Å². The second kappa shape index (κ2) is 5.47. The van der Waals surface area contributed by atoms with Crippen LogP contribution in [0.15, 0.2) is 24.3 Å². The van der Waals surface area contributed by atoms with Gasteiger partial charge in [-0.2, -0.15) is 0 Å². The molecular formula is C9H12ClNO3. The second-order valence-corrected chi connectivity index (χ2v) is 2.82. The molecule has 0 aliphatic carbocycles. The minimum absolute atomic E-state index is 0. The molecule has 1 rings (SSSR count). The van der Waals surface area contributed by atoms with Gasteiger partial charge in [-0.25, -0.2) is 0 Å². The number of benzene rings is 1. The molecule has 78 valence electrons. The number of nitrogens with two attached hydrogens (primary N) is 1. The number of hydrogen-bond acceptors (Lipinski definition) is 3. The third-order valence-corrected chi connectivity index (χ3v) is 1.68. The first kappa shape index (κ1) is 12.7. The second-order valence-electron chi connectivity index (χ2n) is 2.82. The zero-order valence-corrected chi connectivity index (χ0v) is 8.20. The molecule has 0 aromatic heterocycles. The van der Waals surface area contributed by atoms with Crippen molar-refractivity contribution in [3.8, 4) is 5.75 Å². The number of phenolic OH excluding ortho intramolecular Hbond substituents is 1. The van der Waals surface area contributed by atoms with Gasteiger partial charge in [-0.15, -0.1) is 12.4 Å². The Kier molecular flexibility index (Phi) is 4.97. The molecule has 0 aliphatic rings.